The molecule has 19 heavy (non-hydrogen) atoms. The molecule has 0 radical (unpaired) electrons. The van der Waals surface area contributed by atoms with Crippen LogP contribution in [0, 0.1) is 17.8 Å². The second-order valence-corrected chi connectivity index (χ2v) is 5.23. The molecule has 2 N–H and O–H groups in total. The zero-order valence-electron chi connectivity index (χ0n) is 9.93. The normalized spacial score (nSPS) is 35.1. The smallest absolute Gasteiger partial charge is 0.471 e. The summed E-state index contributed by atoms with van der Waals surface area (Å²) in [5, 5.41) is 18.8. The lowest BCUT2D eigenvalue weighted by molar-refractivity contribution is -0.193. The van der Waals surface area contributed by atoms with Gasteiger partial charge in [0.15, 0.2) is 0 Å². The standard InChI is InChI=1S/C11H14F3NO4/c12-11(13,14)10(19)15-3-6-1-5(9(17)18)2-7(4-15)8(6)16/h5-8,16H,1-4H2,(H,17,18). The largest absolute Gasteiger partial charge is 0.481 e. The number of aliphatic carboxylic acids is 1. The Morgan fingerprint density at radius 1 is 1.11 bits per heavy atom. The van der Waals surface area contributed by atoms with Gasteiger partial charge in [-0.3, -0.25) is 9.59 Å². The van der Waals surface area contributed by atoms with Crippen molar-refractivity contribution in [3.8, 4) is 0 Å². The molecule has 1 aliphatic heterocycles. The number of likely N-dealkylation sites (tertiary alicyclic amines) is 1. The van der Waals surface area contributed by atoms with Crippen LogP contribution in [-0.4, -0.2) is 52.4 Å². The van der Waals surface area contributed by atoms with Crippen LogP contribution >= 0.6 is 0 Å². The number of carboxylic acid groups (broad SMARTS) is 1. The topological polar surface area (TPSA) is 77.8 Å². The van der Waals surface area contributed by atoms with Crippen molar-refractivity contribution in [2.24, 2.45) is 17.8 Å². The van der Waals surface area contributed by atoms with Crippen LogP contribution in [0.25, 0.3) is 0 Å². The highest BCUT2D eigenvalue weighted by Gasteiger charge is 2.50. The molecule has 5 nitrogen and oxygen atoms in total. The molecule has 2 fully saturated rings. The Hall–Kier alpha value is -1.31. The quantitative estimate of drug-likeness (QED) is 0.733. The summed E-state index contributed by atoms with van der Waals surface area (Å²) in [6.07, 6.45) is -5.54. The van der Waals surface area contributed by atoms with Gasteiger partial charge in [0.2, 0.25) is 0 Å². The molecule has 1 aliphatic carbocycles. The molecular formula is C11H14F3NO4. The van der Waals surface area contributed by atoms with E-state index < -0.39 is 41.9 Å². The number of aliphatic hydroxyl groups excluding tert-OH is 1. The summed E-state index contributed by atoms with van der Waals surface area (Å²) in [5.41, 5.74) is 0. The van der Waals surface area contributed by atoms with Crippen LogP contribution in [0.5, 0.6) is 0 Å². The van der Waals surface area contributed by atoms with Crippen LogP contribution in [0.2, 0.25) is 0 Å². The summed E-state index contributed by atoms with van der Waals surface area (Å²) in [5.74, 6) is -4.76. The third kappa shape index (κ3) is 2.68. The molecule has 1 saturated heterocycles. The summed E-state index contributed by atoms with van der Waals surface area (Å²) < 4.78 is 37.1. The van der Waals surface area contributed by atoms with Crippen LogP contribution in [0.15, 0.2) is 0 Å². The summed E-state index contributed by atoms with van der Waals surface area (Å²) in [6.45, 7) is -0.473. The Kier molecular flexibility index (Phi) is 3.46. The Balaban J connectivity index is 2.11. The van der Waals surface area contributed by atoms with Gasteiger partial charge >= 0.3 is 18.1 Å². The van der Waals surface area contributed by atoms with E-state index in [0.717, 1.165) is 0 Å². The first kappa shape index (κ1) is 14.1. The van der Waals surface area contributed by atoms with E-state index in [2.05, 4.69) is 0 Å². The van der Waals surface area contributed by atoms with Crippen molar-refractivity contribution in [1.82, 2.24) is 4.90 Å². The van der Waals surface area contributed by atoms with Gasteiger partial charge in [-0.1, -0.05) is 0 Å². The minimum absolute atomic E-state index is 0.106. The summed E-state index contributed by atoms with van der Waals surface area (Å²) in [7, 11) is 0. The van der Waals surface area contributed by atoms with Gasteiger partial charge in [0, 0.05) is 24.9 Å². The van der Waals surface area contributed by atoms with Crippen LogP contribution in [0.1, 0.15) is 12.8 Å². The molecule has 1 saturated carbocycles. The fourth-order valence-electron chi connectivity index (χ4n) is 3.04. The van der Waals surface area contributed by atoms with Crippen LogP contribution in [-0.2, 0) is 9.59 Å². The van der Waals surface area contributed by atoms with E-state index in [4.69, 9.17) is 5.11 Å². The van der Waals surface area contributed by atoms with E-state index in [1.165, 1.54) is 0 Å². The zero-order valence-corrected chi connectivity index (χ0v) is 9.93. The van der Waals surface area contributed by atoms with Crippen LogP contribution < -0.4 is 0 Å². The Morgan fingerprint density at radius 3 is 1.95 bits per heavy atom. The molecule has 0 aromatic carbocycles. The van der Waals surface area contributed by atoms with Gasteiger partial charge < -0.3 is 15.1 Å². The van der Waals surface area contributed by atoms with E-state index >= 15 is 0 Å². The van der Waals surface area contributed by atoms with Gasteiger partial charge in [-0.25, -0.2) is 0 Å². The highest BCUT2D eigenvalue weighted by Crippen LogP contribution is 2.39. The van der Waals surface area contributed by atoms with Crippen LogP contribution in [0.3, 0.4) is 0 Å². The van der Waals surface area contributed by atoms with Crippen molar-refractivity contribution in [1.29, 1.82) is 0 Å². The number of carbonyl (C=O) groups excluding carboxylic acids is 1. The highest BCUT2D eigenvalue weighted by atomic mass is 19.4. The number of rotatable bonds is 1. The molecule has 108 valence electrons. The number of nitrogens with zero attached hydrogens (tertiary/aromatic N) is 1. The monoisotopic (exact) mass is 281 g/mol. The summed E-state index contributed by atoms with van der Waals surface area (Å²) in [6, 6.07) is 0. The van der Waals surface area contributed by atoms with Crippen molar-refractivity contribution in [3.05, 3.63) is 0 Å². The van der Waals surface area contributed by atoms with Gasteiger partial charge in [0.25, 0.3) is 0 Å². The maximum absolute atomic E-state index is 12.4. The molecule has 2 atom stereocenters. The average molecular weight is 281 g/mol. The molecule has 8 heteroatoms. The van der Waals surface area contributed by atoms with Crippen molar-refractivity contribution in [2.75, 3.05) is 13.1 Å². The number of carbonyl (C=O) groups is 2. The predicted octanol–water partition coefficient (Wildman–Crippen LogP) is 0.479. The van der Waals surface area contributed by atoms with E-state index in [9.17, 15) is 27.9 Å². The lowest BCUT2D eigenvalue weighted by atomic mass is 9.70. The predicted molar refractivity (Wildman–Crippen MR) is 56.0 cm³/mol. The second-order valence-electron chi connectivity index (χ2n) is 5.23. The first-order valence-electron chi connectivity index (χ1n) is 5.97. The first-order valence-corrected chi connectivity index (χ1v) is 5.97. The molecule has 0 spiro atoms. The molecule has 1 amide bonds. The van der Waals surface area contributed by atoms with Crippen LogP contribution in [0.4, 0.5) is 13.2 Å². The maximum Gasteiger partial charge on any atom is 0.471 e. The number of amides is 1. The molecule has 1 heterocycles. The van der Waals surface area contributed by atoms with Gasteiger partial charge in [-0.05, 0) is 12.8 Å². The third-order valence-corrected chi connectivity index (χ3v) is 3.93. The number of hydrogen-bond acceptors (Lipinski definition) is 3. The second kappa shape index (κ2) is 4.66. The molecule has 2 aliphatic rings. The van der Waals surface area contributed by atoms with Crippen molar-refractivity contribution in [3.63, 3.8) is 0 Å². The number of fused-ring (bicyclic) bond motifs is 2. The van der Waals surface area contributed by atoms with Crippen molar-refractivity contribution in [2.45, 2.75) is 25.1 Å². The van der Waals surface area contributed by atoms with E-state index in [-0.39, 0.29) is 25.9 Å². The first-order chi connectivity index (χ1) is 8.70. The number of aliphatic hydroxyl groups is 1. The zero-order chi connectivity index (χ0) is 14.4. The number of carboxylic acids is 1. The van der Waals surface area contributed by atoms with Gasteiger partial charge in [0.05, 0.1) is 12.0 Å². The fraction of sp³-hybridized carbons (Fsp3) is 0.818. The number of halogens is 3. The highest BCUT2D eigenvalue weighted by molar-refractivity contribution is 5.82. The molecule has 2 rings (SSSR count). The summed E-state index contributed by atoms with van der Waals surface area (Å²) >= 11 is 0. The average Bonchev–Trinajstić information content (AvgIpc) is 2.25. The minimum atomic E-state index is -4.93. The van der Waals surface area contributed by atoms with E-state index in [0.29, 0.717) is 4.90 Å². The van der Waals surface area contributed by atoms with Gasteiger partial charge in [-0.15, -0.1) is 0 Å². The van der Waals surface area contributed by atoms with Crippen molar-refractivity contribution < 1.29 is 33.0 Å². The van der Waals surface area contributed by atoms with Gasteiger partial charge in [-0.2, -0.15) is 13.2 Å². The Morgan fingerprint density at radius 2 is 1.58 bits per heavy atom. The Bertz CT molecular complexity index is 382. The lowest BCUT2D eigenvalue weighted by Crippen LogP contribution is -2.57. The molecule has 2 unspecified atom stereocenters. The molecule has 2 bridgehead atoms. The number of alkyl halides is 3. The minimum Gasteiger partial charge on any atom is -0.481 e. The van der Waals surface area contributed by atoms with E-state index in [1.807, 2.05) is 0 Å². The number of piperidine rings is 1. The molecule has 0 aromatic heterocycles. The fourth-order valence-corrected chi connectivity index (χ4v) is 3.04. The number of hydrogen-bond donors (Lipinski definition) is 2. The third-order valence-electron chi connectivity index (χ3n) is 3.93. The summed E-state index contributed by atoms with van der Waals surface area (Å²) in [4.78, 5) is 22.8. The van der Waals surface area contributed by atoms with Crippen molar-refractivity contribution >= 4 is 11.9 Å². The van der Waals surface area contributed by atoms with E-state index in [1.54, 1.807) is 0 Å². The SMILES string of the molecule is O=C(O)C1CC2CN(C(=O)C(F)(F)F)CC(C1)C2O. The Labute approximate surface area is 107 Å². The lowest BCUT2D eigenvalue weighted by Gasteiger charge is -2.46. The molecular weight excluding hydrogens is 267 g/mol. The molecule has 0 aromatic rings. The maximum atomic E-state index is 12.4. The van der Waals surface area contributed by atoms with Gasteiger partial charge in [0.1, 0.15) is 0 Å².